The molecule has 0 amide bonds. The highest BCUT2D eigenvalue weighted by molar-refractivity contribution is 5.42. The van der Waals surface area contributed by atoms with Gasteiger partial charge in [-0.25, -0.2) is 0 Å². The van der Waals surface area contributed by atoms with E-state index in [9.17, 15) is 10.2 Å². The van der Waals surface area contributed by atoms with Crippen molar-refractivity contribution < 1.29 is 14.9 Å². The molecule has 2 aromatic rings. The maximum Gasteiger partial charge on any atom is 0.238 e. The third-order valence-electron chi connectivity index (χ3n) is 2.42. The molecule has 0 saturated heterocycles. The van der Waals surface area contributed by atoms with Crippen LogP contribution in [0.3, 0.4) is 0 Å². The van der Waals surface area contributed by atoms with Crippen LogP contribution in [0.1, 0.15) is 5.56 Å². The average Bonchev–Trinajstić information content (AvgIpc) is 2.58. The minimum absolute atomic E-state index is 0.0156. The van der Waals surface area contributed by atoms with Gasteiger partial charge in [-0.2, -0.15) is 0 Å². The lowest BCUT2D eigenvalue weighted by Gasteiger charge is -2.06. The average molecular weight is 219 g/mol. The lowest BCUT2D eigenvalue weighted by Crippen LogP contribution is -1.98. The summed E-state index contributed by atoms with van der Waals surface area (Å²) in [5.74, 6) is 0.190. The summed E-state index contributed by atoms with van der Waals surface area (Å²) in [6.07, 6.45) is 0. The van der Waals surface area contributed by atoms with Crippen molar-refractivity contribution >= 4 is 0 Å². The number of ether oxygens (including phenoxy) is 1. The van der Waals surface area contributed by atoms with E-state index in [1.54, 1.807) is 0 Å². The van der Waals surface area contributed by atoms with E-state index in [0.29, 0.717) is 6.54 Å². The summed E-state index contributed by atoms with van der Waals surface area (Å²) >= 11 is 0. The van der Waals surface area contributed by atoms with Crippen molar-refractivity contribution in [1.29, 1.82) is 0 Å². The van der Waals surface area contributed by atoms with Crippen molar-refractivity contribution in [2.75, 3.05) is 7.11 Å². The Morgan fingerprint density at radius 1 is 1.19 bits per heavy atom. The van der Waals surface area contributed by atoms with Crippen molar-refractivity contribution in [2.24, 2.45) is 0 Å². The first kappa shape index (κ1) is 10.4. The fourth-order valence-corrected chi connectivity index (χ4v) is 1.57. The monoisotopic (exact) mass is 219 g/mol. The largest absolute Gasteiger partial charge is 0.494 e. The summed E-state index contributed by atoms with van der Waals surface area (Å²) in [6, 6.07) is 11.0. The van der Waals surface area contributed by atoms with Gasteiger partial charge in [-0.15, -0.1) is 0 Å². The molecule has 0 bridgehead atoms. The molecular formula is C12H13NO3. The quantitative estimate of drug-likeness (QED) is 0.829. The molecule has 1 heterocycles. The van der Waals surface area contributed by atoms with Gasteiger partial charge in [0.2, 0.25) is 5.88 Å². The summed E-state index contributed by atoms with van der Waals surface area (Å²) in [5, 5.41) is 19.4. The van der Waals surface area contributed by atoms with Crippen LogP contribution in [0, 0.1) is 0 Å². The molecule has 16 heavy (non-hydrogen) atoms. The zero-order valence-electron chi connectivity index (χ0n) is 8.92. The third kappa shape index (κ3) is 1.82. The van der Waals surface area contributed by atoms with Crippen molar-refractivity contribution in [2.45, 2.75) is 6.54 Å². The second-order valence-corrected chi connectivity index (χ2v) is 3.47. The summed E-state index contributed by atoms with van der Waals surface area (Å²) in [7, 11) is 1.45. The molecule has 1 aromatic heterocycles. The van der Waals surface area contributed by atoms with E-state index < -0.39 is 0 Å². The van der Waals surface area contributed by atoms with Gasteiger partial charge in [0.25, 0.3) is 0 Å². The van der Waals surface area contributed by atoms with Crippen molar-refractivity contribution in [3.63, 3.8) is 0 Å². The van der Waals surface area contributed by atoms with E-state index >= 15 is 0 Å². The predicted octanol–water partition coefficient (Wildman–Crippen LogP) is 1.96. The van der Waals surface area contributed by atoms with Crippen LogP contribution in [-0.2, 0) is 6.54 Å². The Hall–Kier alpha value is -2.10. The second-order valence-electron chi connectivity index (χ2n) is 3.47. The molecule has 1 aromatic carbocycles. The van der Waals surface area contributed by atoms with E-state index in [4.69, 9.17) is 4.74 Å². The lowest BCUT2D eigenvalue weighted by molar-refractivity contribution is 0.347. The fourth-order valence-electron chi connectivity index (χ4n) is 1.57. The molecule has 2 rings (SSSR count). The van der Waals surface area contributed by atoms with Crippen LogP contribution in [0.15, 0.2) is 36.4 Å². The minimum atomic E-state index is -0.0659. The first-order valence-corrected chi connectivity index (χ1v) is 4.91. The Morgan fingerprint density at radius 3 is 2.44 bits per heavy atom. The van der Waals surface area contributed by atoms with E-state index in [2.05, 4.69) is 0 Å². The highest BCUT2D eigenvalue weighted by atomic mass is 16.5. The number of nitrogens with zero attached hydrogens (tertiary/aromatic N) is 1. The Balaban J connectivity index is 2.31. The summed E-state index contributed by atoms with van der Waals surface area (Å²) in [4.78, 5) is 0. The molecule has 0 unspecified atom stereocenters. The van der Waals surface area contributed by atoms with E-state index in [1.165, 1.54) is 17.7 Å². The summed E-state index contributed by atoms with van der Waals surface area (Å²) < 4.78 is 6.30. The maximum atomic E-state index is 9.75. The number of hydrogen-bond donors (Lipinski definition) is 2. The van der Waals surface area contributed by atoms with Crippen molar-refractivity contribution in [1.82, 2.24) is 4.57 Å². The zero-order valence-corrected chi connectivity index (χ0v) is 8.92. The van der Waals surface area contributed by atoms with Gasteiger partial charge >= 0.3 is 0 Å². The number of aromatic nitrogens is 1. The number of methoxy groups -OCH3 is 1. The van der Waals surface area contributed by atoms with Gasteiger partial charge in [-0.3, -0.25) is 4.57 Å². The standard InChI is InChI=1S/C12H13NO3/c1-16-10-7-11(14)13(12(10)15)8-9-5-3-2-4-6-9/h2-7,14-15H,8H2,1H3. The topological polar surface area (TPSA) is 54.6 Å². The molecule has 0 aliphatic carbocycles. The Bertz CT molecular complexity index is 477. The van der Waals surface area contributed by atoms with E-state index in [0.717, 1.165) is 5.56 Å². The second kappa shape index (κ2) is 4.18. The first-order chi connectivity index (χ1) is 7.72. The van der Waals surface area contributed by atoms with E-state index in [1.807, 2.05) is 30.3 Å². The molecular weight excluding hydrogens is 206 g/mol. The molecule has 4 heteroatoms. The Kier molecular flexibility index (Phi) is 2.72. The fraction of sp³-hybridized carbons (Fsp3) is 0.167. The number of rotatable bonds is 3. The summed E-state index contributed by atoms with van der Waals surface area (Å²) in [5.41, 5.74) is 0.992. The van der Waals surface area contributed by atoms with Crippen molar-refractivity contribution in [3.05, 3.63) is 42.0 Å². The maximum absolute atomic E-state index is 9.75. The molecule has 0 aliphatic rings. The van der Waals surface area contributed by atoms with Gasteiger partial charge in [0.1, 0.15) is 0 Å². The molecule has 4 nitrogen and oxygen atoms in total. The van der Waals surface area contributed by atoms with Crippen LogP contribution in [0.2, 0.25) is 0 Å². The number of hydrogen-bond acceptors (Lipinski definition) is 3. The SMILES string of the molecule is COc1cc(O)n(Cc2ccccc2)c1O. The van der Waals surface area contributed by atoms with Crippen LogP contribution < -0.4 is 4.74 Å². The molecule has 0 radical (unpaired) electrons. The third-order valence-corrected chi connectivity index (χ3v) is 2.42. The molecule has 0 saturated carbocycles. The van der Waals surface area contributed by atoms with Crippen LogP contribution in [0.4, 0.5) is 0 Å². The molecule has 0 spiro atoms. The first-order valence-electron chi connectivity index (χ1n) is 4.91. The van der Waals surface area contributed by atoms with Gasteiger partial charge in [0.15, 0.2) is 11.6 Å². The summed E-state index contributed by atoms with van der Waals surface area (Å²) in [6.45, 7) is 0.405. The van der Waals surface area contributed by atoms with Gasteiger partial charge in [-0.05, 0) is 5.56 Å². The molecule has 0 atom stereocenters. The van der Waals surface area contributed by atoms with Crippen molar-refractivity contribution in [3.8, 4) is 17.5 Å². The minimum Gasteiger partial charge on any atom is -0.494 e. The highest BCUT2D eigenvalue weighted by Crippen LogP contribution is 2.34. The van der Waals surface area contributed by atoms with Crippen LogP contribution in [0.25, 0.3) is 0 Å². The van der Waals surface area contributed by atoms with E-state index in [-0.39, 0.29) is 17.5 Å². The zero-order chi connectivity index (χ0) is 11.5. The predicted molar refractivity (Wildman–Crippen MR) is 59.9 cm³/mol. The normalized spacial score (nSPS) is 10.3. The van der Waals surface area contributed by atoms with Crippen LogP contribution in [0.5, 0.6) is 17.5 Å². The van der Waals surface area contributed by atoms with Gasteiger partial charge in [-0.1, -0.05) is 30.3 Å². The Morgan fingerprint density at radius 2 is 1.88 bits per heavy atom. The molecule has 2 N–H and O–H groups in total. The molecule has 84 valence electrons. The Labute approximate surface area is 93.3 Å². The van der Waals surface area contributed by atoms with Gasteiger partial charge in [0, 0.05) is 6.07 Å². The number of benzene rings is 1. The van der Waals surface area contributed by atoms with Crippen LogP contribution in [-0.4, -0.2) is 21.9 Å². The smallest absolute Gasteiger partial charge is 0.238 e. The van der Waals surface area contributed by atoms with Crippen LogP contribution >= 0.6 is 0 Å². The lowest BCUT2D eigenvalue weighted by atomic mass is 10.2. The molecule has 0 fully saturated rings. The highest BCUT2D eigenvalue weighted by Gasteiger charge is 2.14. The van der Waals surface area contributed by atoms with Gasteiger partial charge < -0.3 is 14.9 Å². The molecule has 0 aliphatic heterocycles. The van der Waals surface area contributed by atoms with Gasteiger partial charge in [0.05, 0.1) is 13.7 Å². The number of aromatic hydroxyl groups is 2.